The first kappa shape index (κ1) is 14.5. The van der Waals surface area contributed by atoms with Gasteiger partial charge in [-0.25, -0.2) is 8.42 Å². The second-order valence-corrected chi connectivity index (χ2v) is 6.76. The van der Waals surface area contributed by atoms with Crippen molar-refractivity contribution in [2.75, 3.05) is 19.6 Å². The molecule has 1 saturated heterocycles. The summed E-state index contributed by atoms with van der Waals surface area (Å²) in [4.78, 5) is 0.456. The molecule has 4 nitrogen and oxygen atoms in total. The smallest absolute Gasteiger partial charge is 0.243 e. The topological polar surface area (TPSA) is 49.4 Å². The fourth-order valence-corrected chi connectivity index (χ4v) is 4.14. The average molecular weight is 282 g/mol. The number of rotatable bonds is 5. The molecule has 0 aliphatic carbocycles. The van der Waals surface area contributed by atoms with Gasteiger partial charge < -0.3 is 5.32 Å². The number of sulfonamides is 1. The molecule has 2 rings (SSSR count). The largest absolute Gasteiger partial charge is 0.313 e. The molecular weight excluding hydrogens is 260 g/mol. The Kier molecular flexibility index (Phi) is 4.96. The van der Waals surface area contributed by atoms with Crippen LogP contribution in [0.25, 0.3) is 0 Å². The van der Waals surface area contributed by atoms with Crippen LogP contribution in [-0.4, -0.2) is 32.4 Å². The maximum atomic E-state index is 12.7. The van der Waals surface area contributed by atoms with Crippen LogP contribution >= 0.6 is 0 Å². The molecule has 1 aromatic carbocycles. The van der Waals surface area contributed by atoms with E-state index in [-0.39, 0.29) is 0 Å². The fraction of sp³-hybridized carbons (Fsp3) is 0.571. The first-order valence-corrected chi connectivity index (χ1v) is 8.39. The van der Waals surface area contributed by atoms with Crippen LogP contribution in [0.1, 0.15) is 31.7 Å². The van der Waals surface area contributed by atoms with Gasteiger partial charge in [-0.15, -0.1) is 0 Å². The summed E-state index contributed by atoms with van der Waals surface area (Å²) in [5, 5.41) is 3.20. The van der Waals surface area contributed by atoms with Crippen molar-refractivity contribution in [3.8, 4) is 0 Å². The highest BCUT2D eigenvalue weighted by molar-refractivity contribution is 7.89. The minimum Gasteiger partial charge on any atom is -0.313 e. The molecule has 106 valence electrons. The molecule has 0 amide bonds. The third-order valence-corrected chi connectivity index (χ3v) is 5.47. The zero-order chi connectivity index (χ0) is 13.7. The molecule has 1 aromatic rings. The second-order valence-electron chi connectivity index (χ2n) is 4.85. The summed E-state index contributed by atoms with van der Waals surface area (Å²) in [6.07, 6.45) is 3.06. The molecule has 1 fully saturated rings. The lowest BCUT2D eigenvalue weighted by atomic mass is 10.2. The van der Waals surface area contributed by atoms with Crippen LogP contribution in [0.4, 0.5) is 0 Å². The van der Waals surface area contributed by atoms with Crippen molar-refractivity contribution in [1.29, 1.82) is 0 Å². The first-order valence-electron chi connectivity index (χ1n) is 6.95. The summed E-state index contributed by atoms with van der Waals surface area (Å²) in [6.45, 7) is 4.75. The van der Waals surface area contributed by atoms with E-state index in [1.54, 1.807) is 16.4 Å². The Labute approximate surface area is 115 Å². The lowest BCUT2D eigenvalue weighted by Gasteiger charge is -2.26. The van der Waals surface area contributed by atoms with E-state index in [9.17, 15) is 8.42 Å². The van der Waals surface area contributed by atoms with E-state index in [1.807, 2.05) is 19.1 Å². The molecule has 0 spiro atoms. The maximum absolute atomic E-state index is 12.7. The van der Waals surface area contributed by atoms with Crippen LogP contribution in [0.15, 0.2) is 29.2 Å². The van der Waals surface area contributed by atoms with Gasteiger partial charge in [0.25, 0.3) is 0 Å². The summed E-state index contributed by atoms with van der Waals surface area (Å²) < 4.78 is 27.0. The molecule has 1 aliphatic rings. The van der Waals surface area contributed by atoms with Gasteiger partial charge in [-0.3, -0.25) is 0 Å². The maximum Gasteiger partial charge on any atom is 0.243 e. The summed E-state index contributed by atoms with van der Waals surface area (Å²) in [5.74, 6) is 0. The van der Waals surface area contributed by atoms with Crippen LogP contribution in [0.2, 0.25) is 0 Å². The van der Waals surface area contributed by atoms with Gasteiger partial charge >= 0.3 is 0 Å². The Morgan fingerprint density at radius 2 is 1.84 bits per heavy atom. The van der Waals surface area contributed by atoms with Gasteiger partial charge in [0, 0.05) is 19.6 Å². The van der Waals surface area contributed by atoms with Gasteiger partial charge in [0.2, 0.25) is 10.0 Å². The number of hydrogen-bond acceptors (Lipinski definition) is 3. The van der Waals surface area contributed by atoms with Gasteiger partial charge in [-0.1, -0.05) is 31.5 Å². The lowest BCUT2D eigenvalue weighted by Crippen LogP contribution is -2.36. The van der Waals surface area contributed by atoms with Crippen molar-refractivity contribution in [1.82, 2.24) is 9.62 Å². The second kappa shape index (κ2) is 6.50. The zero-order valence-corrected chi connectivity index (χ0v) is 12.2. The van der Waals surface area contributed by atoms with Crippen molar-refractivity contribution in [3.05, 3.63) is 29.8 Å². The van der Waals surface area contributed by atoms with Crippen LogP contribution < -0.4 is 5.32 Å². The molecule has 0 unspecified atom stereocenters. The van der Waals surface area contributed by atoms with E-state index in [4.69, 9.17) is 0 Å². The van der Waals surface area contributed by atoms with Crippen LogP contribution in [-0.2, 0) is 16.6 Å². The van der Waals surface area contributed by atoms with E-state index >= 15 is 0 Å². The minimum absolute atomic E-state index is 0.456. The standard InChI is InChI=1S/C14H22N2O2S/c1-2-15-12-13-8-4-5-9-14(13)19(17,18)16-10-6-3-7-11-16/h4-5,8-9,15H,2-3,6-7,10-12H2,1H3. The lowest BCUT2D eigenvalue weighted by molar-refractivity contribution is 0.346. The highest BCUT2D eigenvalue weighted by Gasteiger charge is 2.27. The van der Waals surface area contributed by atoms with E-state index in [2.05, 4.69) is 5.32 Å². The van der Waals surface area contributed by atoms with Crippen LogP contribution in [0.3, 0.4) is 0 Å². The van der Waals surface area contributed by atoms with Crippen LogP contribution in [0.5, 0.6) is 0 Å². The molecule has 0 saturated carbocycles. The Hall–Kier alpha value is -0.910. The predicted octanol–water partition coefficient (Wildman–Crippen LogP) is 1.97. The third kappa shape index (κ3) is 3.35. The summed E-state index contributed by atoms with van der Waals surface area (Å²) >= 11 is 0. The Balaban J connectivity index is 2.28. The molecule has 0 aromatic heterocycles. The molecule has 1 N–H and O–H groups in total. The van der Waals surface area contributed by atoms with Crippen molar-refractivity contribution in [2.45, 2.75) is 37.6 Å². The summed E-state index contributed by atoms with van der Waals surface area (Å²) in [7, 11) is -3.33. The fourth-order valence-electron chi connectivity index (χ4n) is 2.41. The van der Waals surface area contributed by atoms with Gasteiger partial charge in [-0.2, -0.15) is 4.31 Å². The molecule has 0 atom stereocenters. The quantitative estimate of drug-likeness (QED) is 0.898. The molecule has 1 aliphatic heterocycles. The Morgan fingerprint density at radius 1 is 1.16 bits per heavy atom. The average Bonchev–Trinajstić information content (AvgIpc) is 2.46. The minimum atomic E-state index is -3.33. The number of nitrogens with one attached hydrogen (secondary N) is 1. The Bertz CT molecular complexity index is 508. The van der Waals surface area contributed by atoms with E-state index in [1.165, 1.54) is 0 Å². The van der Waals surface area contributed by atoms with E-state index in [0.29, 0.717) is 24.5 Å². The summed E-state index contributed by atoms with van der Waals surface area (Å²) in [6, 6.07) is 7.30. The summed E-state index contributed by atoms with van der Waals surface area (Å²) in [5.41, 5.74) is 0.856. The SMILES string of the molecule is CCNCc1ccccc1S(=O)(=O)N1CCCCC1. The van der Waals surface area contributed by atoms with Crippen molar-refractivity contribution in [2.24, 2.45) is 0 Å². The monoisotopic (exact) mass is 282 g/mol. The molecule has 19 heavy (non-hydrogen) atoms. The molecule has 0 bridgehead atoms. The predicted molar refractivity (Wildman–Crippen MR) is 76.4 cm³/mol. The molecule has 1 heterocycles. The third-order valence-electron chi connectivity index (χ3n) is 3.47. The van der Waals surface area contributed by atoms with Crippen molar-refractivity contribution >= 4 is 10.0 Å². The van der Waals surface area contributed by atoms with Crippen LogP contribution in [0, 0.1) is 0 Å². The highest BCUT2D eigenvalue weighted by Crippen LogP contribution is 2.23. The van der Waals surface area contributed by atoms with Gasteiger partial charge in [-0.05, 0) is 31.0 Å². The van der Waals surface area contributed by atoms with Crippen molar-refractivity contribution in [3.63, 3.8) is 0 Å². The highest BCUT2D eigenvalue weighted by atomic mass is 32.2. The van der Waals surface area contributed by atoms with Gasteiger partial charge in [0.1, 0.15) is 0 Å². The molecule has 0 radical (unpaired) electrons. The van der Waals surface area contributed by atoms with E-state index in [0.717, 1.165) is 31.4 Å². The van der Waals surface area contributed by atoms with Crippen molar-refractivity contribution < 1.29 is 8.42 Å². The number of hydrogen-bond donors (Lipinski definition) is 1. The van der Waals surface area contributed by atoms with Gasteiger partial charge in [0.05, 0.1) is 4.90 Å². The number of piperidine rings is 1. The normalized spacial score (nSPS) is 17.5. The molecular formula is C14H22N2O2S. The van der Waals surface area contributed by atoms with E-state index < -0.39 is 10.0 Å². The first-order chi connectivity index (χ1) is 9.16. The van der Waals surface area contributed by atoms with Gasteiger partial charge in [0.15, 0.2) is 0 Å². The molecule has 5 heteroatoms. The zero-order valence-electron chi connectivity index (χ0n) is 11.4. The number of benzene rings is 1. The Morgan fingerprint density at radius 3 is 2.53 bits per heavy atom. The number of nitrogens with zero attached hydrogens (tertiary/aromatic N) is 1.